The number of rotatable bonds is 4. The third-order valence-corrected chi connectivity index (χ3v) is 1.30. The van der Waals surface area contributed by atoms with Gasteiger partial charge in [0.05, 0.1) is 0 Å². The average Bonchev–Trinajstić information content (AvgIpc) is 1.68. The number of hydrogen-bond acceptors (Lipinski definition) is 1. The molecule has 0 aromatic rings. The summed E-state index contributed by atoms with van der Waals surface area (Å²) in [6.45, 7) is 5.15. The Labute approximate surface area is 52.3 Å². The summed E-state index contributed by atoms with van der Waals surface area (Å²) < 4.78 is 0. The summed E-state index contributed by atoms with van der Waals surface area (Å²) >= 11 is 0. The van der Waals surface area contributed by atoms with Gasteiger partial charge in [0.25, 0.3) is 0 Å². The maximum atomic E-state index is 5.35. The van der Waals surface area contributed by atoms with E-state index in [1.165, 1.54) is 6.42 Å². The lowest BCUT2D eigenvalue weighted by Gasteiger charge is -2.05. The fourth-order valence-electron chi connectivity index (χ4n) is 0.805. The van der Waals surface area contributed by atoms with Crippen molar-refractivity contribution in [2.75, 3.05) is 6.54 Å². The Morgan fingerprint density at radius 2 is 2.25 bits per heavy atom. The third kappa shape index (κ3) is 4.13. The second-order valence-corrected chi connectivity index (χ2v) is 2.33. The first-order valence-corrected chi connectivity index (χ1v) is 3.29. The van der Waals surface area contributed by atoms with Crippen LogP contribution in [0, 0.1) is 12.3 Å². The smallest absolute Gasteiger partial charge is 0.00747 e. The van der Waals surface area contributed by atoms with Crippen LogP contribution in [0.4, 0.5) is 0 Å². The second kappa shape index (κ2) is 5.10. The summed E-state index contributed by atoms with van der Waals surface area (Å²) in [6.07, 6.45) is 4.56. The van der Waals surface area contributed by atoms with Gasteiger partial charge < -0.3 is 5.73 Å². The van der Waals surface area contributed by atoms with Gasteiger partial charge in [0.2, 0.25) is 0 Å². The molecule has 0 aromatic carbocycles. The largest absolute Gasteiger partial charge is 0.330 e. The monoisotopic (exact) mass is 114 g/mol. The van der Waals surface area contributed by atoms with Gasteiger partial charge >= 0.3 is 0 Å². The number of nitrogens with two attached hydrogens (primary N) is 1. The fourth-order valence-corrected chi connectivity index (χ4v) is 0.805. The van der Waals surface area contributed by atoms with Gasteiger partial charge in [-0.3, -0.25) is 0 Å². The van der Waals surface area contributed by atoms with Crippen LogP contribution in [0.5, 0.6) is 0 Å². The maximum Gasteiger partial charge on any atom is -0.00747 e. The van der Waals surface area contributed by atoms with Gasteiger partial charge in [0.1, 0.15) is 0 Å². The predicted octanol–water partition coefficient (Wildman–Crippen LogP) is 1.59. The molecule has 0 fully saturated rings. The van der Waals surface area contributed by atoms with Crippen LogP contribution < -0.4 is 5.73 Å². The Balaban J connectivity index is 2.92. The lowest BCUT2D eigenvalue weighted by molar-refractivity contribution is 0.533. The van der Waals surface area contributed by atoms with Crippen molar-refractivity contribution in [1.29, 1.82) is 0 Å². The lowest BCUT2D eigenvalue weighted by Crippen LogP contribution is -2.05. The van der Waals surface area contributed by atoms with Crippen molar-refractivity contribution in [3.8, 4) is 0 Å². The van der Waals surface area contributed by atoms with Gasteiger partial charge in [-0.1, -0.05) is 13.8 Å². The quantitative estimate of drug-likeness (QED) is 0.590. The third-order valence-electron chi connectivity index (χ3n) is 1.30. The van der Waals surface area contributed by atoms with Crippen molar-refractivity contribution in [3.05, 3.63) is 6.42 Å². The minimum absolute atomic E-state index is 0.782. The van der Waals surface area contributed by atoms with E-state index in [0.717, 1.165) is 18.9 Å². The van der Waals surface area contributed by atoms with E-state index in [-0.39, 0.29) is 0 Å². The van der Waals surface area contributed by atoms with Crippen molar-refractivity contribution >= 4 is 0 Å². The van der Waals surface area contributed by atoms with E-state index < -0.39 is 0 Å². The molecule has 0 aromatic heterocycles. The summed E-state index contributed by atoms with van der Waals surface area (Å²) in [6, 6.07) is 0. The second-order valence-electron chi connectivity index (χ2n) is 2.33. The van der Waals surface area contributed by atoms with Crippen LogP contribution in [0.1, 0.15) is 26.7 Å². The van der Waals surface area contributed by atoms with Crippen LogP contribution in [0.3, 0.4) is 0 Å². The molecule has 1 radical (unpaired) electrons. The van der Waals surface area contributed by atoms with Crippen molar-refractivity contribution < 1.29 is 0 Å². The lowest BCUT2D eigenvalue weighted by atomic mass is 10.0. The standard InChI is InChI=1S/C7H16N/c1-3-4-7(2)5-6-8/h3,7H,4-6,8H2,1-2H3. The fraction of sp³-hybridized carbons (Fsp3) is 0.857. The van der Waals surface area contributed by atoms with Crippen LogP contribution in [0.15, 0.2) is 0 Å². The molecular weight excluding hydrogens is 98.1 g/mol. The normalized spacial score (nSPS) is 13.9. The molecule has 0 saturated heterocycles. The van der Waals surface area contributed by atoms with E-state index in [9.17, 15) is 0 Å². The first-order chi connectivity index (χ1) is 3.81. The molecule has 0 amide bonds. The molecule has 0 aliphatic rings. The molecule has 1 atom stereocenters. The van der Waals surface area contributed by atoms with Crippen molar-refractivity contribution in [2.45, 2.75) is 26.7 Å². The molecule has 0 aliphatic heterocycles. The highest BCUT2D eigenvalue weighted by Gasteiger charge is 1.96. The summed E-state index contributed by atoms with van der Waals surface area (Å²) in [4.78, 5) is 0. The van der Waals surface area contributed by atoms with Crippen LogP contribution >= 0.6 is 0 Å². The Morgan fingerprint density at radius 3 is 2.62 bits per heavy atom. The van der Waals surface area contributed by atoms with E-state index in [1.807, 2.05) is 0 Å². The Bertz CT molecular complexity index is 37.7. The van der Waals surface area contributed by atoms with Gasteiger partial charge in [-0.25, -0.2) is 0 Å². The average molecular weight is 114 g/mol. The Hall–Kier alpha value is -0.0400. The van der Waals surface area contributed by atoms with Gasteiger partial charge in [0.15, 0.2) is 0 Å². The molecule has 1 unspecified atom stereocenters. The molecule has 2 N–H and O–H groups in total. The molecule has 0 spiro atoms. The summed E-state index contributed by atoms with van der Waals surface area (Å²) in [5, 5.41) is 0. The van der Waals surface area contributed by atoms with Crippen LogP contribution in [0.25, 0.3) is 0 Å². The van der Waals surface area contributed by atoms with Gasteiger partial charge in [-0.05, 0) is 31.7 Å². The molecule has 0 aliphatic carbocycles. The van der Waals surface area contributed by atoms with Crippen LogP contribution in [-0.4, -0.2) is 6.54 Å². The Morgan fingerprint density at radius 1 is 1.62 bits per heavy atom. The van der Waals surface area contributed by atoms with Crippen molar-refractivity contribution in [2.24, 2.45) is 11.7 Å². The number of hydrogen-bond donors (Lipinski definition) is 1. The molecule has 0 bridgehead atoms. The van der Waals surface area contributed by atoms with E-state index in [2.05, 4.69) is 20.3 Å². The van der Waals surface area contributed by atoms with E-state index in [1.54, 1.807) is 0 Å². The summed E-state index contributed by atoms with van der Waals surface area (Å²) in [7, 11) is 0. The van der Waals surface area contributed by atoms with Crippen molar-refractivity contribution in [3.63, 3.8) is 0 Å². The van der Waals surface area contributed by atoms with Crippen molar-refractivity contribution in [1.82, 2.24) is 0 Å². The zero-order valence-corrected chi connectivity index (χ0v) is 5.85. The first kappa shape index (κ1) is 7.96. The summed E-state index contributed by atoms with van der Waals surface area (Å²) in [5.41, 5.74) is 5.35. The molecule has 0 heterocycles. The topological polar surface area (TPSA) is 26.0 Å². The minimum atomic E-state index is 0.782. The predicted molar refractivity (Wildman–Crippen MR) is 37.4 cm³/mol. The minimum Gasteiger partial charge on any atom is -0.330 e. The SMILES string of the molecule is C[CH]CC(C)CCN. The molecule has 0 saturated carbocycles. The van der Waals surface area contributed by atoms with E-state index >= 15 is 0 Å². The zero-order valence-electron chi connectivity index (χ0n) is 5.85. The molecule has 1 heteroatoms. The highest BCUT2D eigenvalue weighted by Crippen LogP contribution is 2.06. The Kier molecular flexibility index (Phi) is 5.08. The van der Waals surface area contributed by atoms with Crippen LogP contribution in [-0.2, 0) is 0 Å². The molecular formula is C7H16N. The molecule has 8 heavy (non-hydrogen) atoms. The molecule has 49 valence electrons. The van der Waals surface area contributed by atoms with Gasteiger partial charge in [0, 0.05) is 0 Å². The highest BCUT2D eigenvalue weighted by atomic mass is 14.5. The van der Waals surface area contributed by atoms with Gasteiger partial charge in [-0.15, -0.1) is 0 Å². The van der Waals surface area contributed by atoms with E-state index in [0.29, 0.717) is 0 Å². The first-order valence-electron chi connectivity index (χ1n) is 3.29. The molecule has 0 rings (SSSR count). The summed E-state index contributed by atoms with van der Waals surface area (Å²) in [5.74, 6) is 0.782. The zero-order chi connectivity index (χ0) is 6.41. The highest BCUT2D eigenvalue weighted by molar-refractivity contribution is 4.62. The van der Waals surface area contributed by atoms with E-state index in [4.69, 9.17) is 5.73 Å². The maximum absolute atomic E-state index is 5.35. The van der Waals surface area contributed by atoms with Gasteiger partial charge in [-0.2, -0.15) is 0 Å². The van der Waals surface area contributed by atoms with Crippen LogP contribution in [0.2, 0.25) is 0 Å². The molecule has 1 nitrogen and oxygen atoms in total.